The van der Waals surface area contributed by atoms with Gasteiger partial charge in [0.1, 0.15) is 37.0 Å². The van der Waals surface area contributed by atoms with Crippen LogP contribution in [0.5, 0.6) is 0 Å². The van der Waals surface area contributed by atoms with Crippen LogP contribution in [0.25, 0.3) is 0 Å². The monoisotopic (exact) mass is 633 g/mol. The van der Waals surface area contributed by atoms with E-state index in [4.69, 9.17) is 31.4 Å². The predicted octanol–water partition coefficient (Wildman–Crippen LogP) is -1.98. The molecule has 0 saturated carbocycles. The van der Waals surface area contributed by atoms with Gasteiger partial charge in [0, 0.05) is 26.3 Å². The summed E-state index contributed by atoms with van der Waals surface area (Å²) in [6.45, 7) is 6.03. The van der Waals surface area contributed by atoms with Crippen molar-refractivity contribution in [2.45, 2.75) is 115 Å². The van der Waals surface area contributed by atoms with Crippen molar-refractivity contribution >= 4 is 29.7 Å². The molecule has 1 unspecified atom stereocenters. The smallest absolute Gasteiger partial charge is 0.305 e. The fraction of sp³-hybridized carbons (Fsp3) is 0.821. The first kappa shape index (κ1) is 39.1. The number of hydrogen-bond donors (Lipinski definition) is 6. The Balaban J connectivity index is 3.18. The molecule has 0 aliphatic carbocycles. The highest BCUT2D eigenvalue weighted by Crippen LogP contribution is 2.25. The number of carbonyl (C=O) groups excluding carboxylic acids is 5. The lowest BCUT2D eigenvalue weighted by molar-refractivity contribution is -0.269. The molecule has 1 saturated heterocycles. The third-order valence-corrected chi connectivity index (χ3v) is 7.24. The van der Waals surface area contributed by atoms with Crippen LogP contribution in [0.3, 0.4) is 0 Å². The van der Waals surface area contributed by atoms with Crippen LogP contribution >= 0.6 is 0 Å². The molecule has 0 aromatic carbocycles. The van der Waals surface area contributed by atoms with Crippen molar-refractivity contribution in [2.75, 3.05) is 26.8 Å². The molecule has 0 bridgehead atoms. The van der Waals surface area contributed by atoms with Gasteiger partial charge in [-0.2, -0.15) is 0 Å². The van der Waals surface area contributed by atoms with Crippen LogP contribution in [0.15, 0.2) is 0 Å². The van der Waals surface area contributed by atoms with Gasteiger partial charge in [0.25, 0.3) is 0 Å². The van der Waals surface area contributed by atoms with Gasteiger partial charge in [0.15, 0.2) is 6.29 Å². The van der Waals surface area contributed by atoms with Gasteiger partial charge in [-0.1, -0.05) is 20.3 Å². The van der Waals surface area contributed by atoms with Crippen LogP contribution in [-0.4, -0.2) is 120 Å². The second kappa shape index (κ2) is 19.5. The van der Waals surface area contributed by atoms with Crippen LogP contribution in [0.1, 0.15) is 66.2 Å². The summed E-state index contributed by atoms with van der Waals surface area (Å²) < 4.78 is 21.4. The summed E-state index contributed by atoms with van der Waals surface area (Å²) in [5.74, 6) is -3.50. The Morgan fingerprint density at radius 2 is 1.68 bits per heavy atom. The molecule has 44 heavy (non-hydrogen) atoms. The zero-order valence-electron chi connectivity index (χ0n) is 26.3. The summed E-state index contributed by atoms with van der Waals surface area (Å²) in [6, 6.07) is -3.51. The van der Waals surface area contributed by atoms with E-state index in [1.165, 1.54) is 21.0 Å². The Bertz CT molecular complexity index is 953. The van der Waals surface area contributed by atoms with Crippen LogP contribution in [0.4, 0.5) is 0 Å². The lowest BCUT2D eigenvalue weighted by atomic mass is 9.96. The molecule has 8 atom stereocenters. The van der Waals surface area contributed by atoms with E-state index >= 15 is 0 Å². The minimum Gasteiger partial charge on any atom is -0.469 e. The van der Waals surface area contributed by atoms with Gasteiger partial charge in [-0.15, -0.1) is 0 Å². The third-order valence-electron chi connectivity index (χ3n) is 7.24. The molecule has 1 fully saturated rings. The molecular formula is C28H51N5O11. The number of unbranched alkanes of at least 4 members (excludes halogenated alkanes) is 2. The number of ether oxygens (including phenoxy) is 4. The first-order valence-electron chi connectivity index (χ1n) is 14.9. The number of nitrogens with one attached hydrogen (secondary N) is 1. The fourth-order valence-electron chi connectivity index (χ4n) is 4.70. The second-order valence-corrected chi connectivity index (χ2v) is 11.3. The summed E-state index contributed by atoms with van der Waals surface area (Å²) in [5, 5.41) is 24.4. The minimum atomic E-state index is -1.65. The summed E-state index contributed by atoms with van der Waals surface area (Å²) >= 11 is 0. The number of aliphatic hydroxyl groups excluding tert-OH is 2. The average Bonchev–Trinajstić information content (AvgIpc) is 2.96. The van der Waals surface area contributed by atoms with E-state index < -0.39 is 85.1 Å². The normalized spacial score (nSPS) is 23.7. The third kappa shape index (κ3) is 12.6. The number of methoxy groups -OCH3 is 1. The molecule has 1 aliphatic rings. The second-order valence-electron chi connectivity index (χ2n) is 11.3. The van der Waals surface area contributed by atoms with Gasteiger partial charge in [-0.25, -0.2) is 0 Å². The van der Waals surface area contributed by atoms with Gasteiger partial charge in [0.2, 0.25) is 17.7 Å². The Hall–Kier alpha value is -2.89. The van der Waals surface area contributed by atoms with Crippen molar-refractivity contribution in [3.8, 4) is 0 Å². The Kier molecular flexibility index (Phi) is 17.3. The van der Waals surface area contributed by atoms with Crippen molar-refractivity contribution in [3.63, 3.8) is 0 Å². The van der Waals surface area contributed by atoms with Gasteiger partial charge >= 0.3 is 11.9 Å². The van der Waals surface area contributed by atoms with Gasteiger partial charge in [-0.05, 0) is 38.6 Å². The highest BCUT2D eigenvalue weighted by Gasteiger charge is 2.47. The Labute approximate surface area is 258 Å². The molecule has 9 N–H and O–H groups in total. The molecule has 254 valence electrons. The largest absolute Gasteiger partial charge is 0.469 e. The summed E-state index contributed by atoms with van der Waals surface area (Å²) in [6.07, 6.45) is -4.74. The summed E-state index contributed by atoms with van der Waals surface area (Å²) in [4.78, 5) is 62.9. The molecule has 0 aromatic rings. The molecule has 16 nitrogen and oxygen atoms in total. The Morgan fingerprint density at radius 3 is 2.23 bits per heavy atom. The number of carbonyl (C=O) groups is 5. The molecular weight excluding hydrogens is 582 g/mol. The number of hydrogen-bond acceptors (Lipinski definition) is 13. The SMILES string of the molecule is COC(=O)CC[C@H](C(N)=O)N(CC(C)O[C@H]1[C@H](O)[C@@H](COC(=O)CCCCCN)O[C@H](O)[C@@H]1NC(C)=O)C(=O)[C@@H](N)C(C)C. The van der Waals surface area contributed by atoms with E-state index in [1.807, 2.05) is 0 Å². The average molecular weight is 634 g/mol. The molecule has 16 heteroatoms. The topological polar surface area (TPSA) is 256 Å². The lowest BCUT2D eigenvalue weighted by Gasteiger charge is -2.44. The number of nitrogens with zero attached hydrogens (tertiary/aromatic N) is 1. The van der Waals surface area contributed by atoms with E-state index in [9.17, 15) is 34.2 Å². The van der Waals surface area contributed by atoms with Crippen LogP contribution < -0.4 is 22.5 Å². The highest BCUT2D eigenvalue weighted by molar-refractivity contribution is 5.89. The molecule has 1 rings (SSSR count). The first-order valence-corrected chi connectivity index (χ1v) is 14.9. The van der Waals surface area contributed by atoms with E-state index in [1.54, 1.807) is 13.8 Å². The number of primary amides is 1. The molecule has 3 amide bonds. The zero-order chi connectivity index (χ0) is 33.6. The van der Waals surface area contributed by atoms with Crippen molar-refractivity contribution in [1.29, 1.82) is 0 Å². The molecule has 1 aliphatic heterocycles. The van der Waals surface area contributed by atoms with E-state index in [2.05, 4.69) is 10.1 Å². The number of aliphatic hydroxyl groups is 2. The maximum atomic E-state index is 13.4. The standard InChI is InChI=1S/C28H51N5O11/c1-15(2)22(30)27(39)33(18(26(31)38)10-11-20(35)41-5)13-16(3)43-25-23(32-17(4)34)28(40)44-19(24(25)37)14-42-21(36)9-7-6-8-12-29/h15-16,18-19,22-25,28,37,40H,6-14,29-30H2,1-5H3,(H2,31,38)(H,32,34)/t16?,18-,19-,22+,23-,24-,25-,28+/m1/s1. The van der Waals surface area contributed by atoms with Gasteiger partial charge < -0.3 is 56.6 Å². The van der Waals surface area contributed by atoms with Crippen molar-refractivity contribution < 1.29 is 53.1 Å². The predicted molar refractivity (Wildman–Crippen MR) is 156 cm³/mol. The number of esters is 2. The molecule has 0 radical (unpaired) electrons. The summed E-state index contributed by atoms with van der Waals surface area (Å²) in [7, 11) is 1.19. The quantitative estimate of drug-likeness (QED) is 0.0667. The maximum Gasteiger partial charge on any atom is 0.305 e. The maximum absolute atomic E-state index is 13.4. The van der Waals surface area contributed by atoms with Crippen LogP contribution in [0, 0.1) is 5.92 Å². The van der Waals surface area contributed by atoms with E-state index in [-0.39, 0.29) is 31.7 Å². The van der Waals surface area contributed by atoms with E-state index in [0.29, 0.717) is 13.0 Å². The van der Waals surface area contributed by atoms with Gasteiger partial charge in [0.05, 0.1) is 19.3 Å². The van der Waals surface area contributed by atoms with Crippen LogP contribution in [-0.2, 0) is 42.9 Å². The molecule has 0 spiro atoms. The zero-order valence-corrected chi connectivity index (χ0v) is 26.3. The van der Waals surface area contributed by atoms with Gasteiger partial charge in [-0.3, -0.25) is 24.0 Å². The van der Waals surface area contributed by atoms with E-state index in [0.717, 1.165) is 17.7 Å². The number of rotatable bonds is 19. The summed E-state index contributed by atoms with van der Waals surface area (Å²) in [5.41, 5.74) is 17.2. The number of nitrogens with two attached hydrogens (primary N) is 3. The highest BCUT2D eigenvalue weighted by atomic mass is 16.6. The fourth-order valence-corrected chi connectivity index (χ4v) is 4.70. The Morgan fingerprint density at radius 1 is 1.02 bits per heavy atom. The van der Waals surface area contributed by atoms with Crippen molar-refractivity contribution in [3.05, 3.63) is 0 Å². The van der Waals surface area contributed by atoms with Crippen molar-refractivity contribution in [2.24, 2.45) is 23.1 Å². The van der Waals surface area contributed by atoms with Crippen molar-refractivity contribution in [1.82, 2.24) is 10.2 Å². The molecule has 0 aromatic heterocycles. The number of amides is 3. The minimum absolute atomic E-state index is 0.135. The van der Waals surface area contributed by atoms with Crippen LogP contribution in [0.2, 0.25) is 0 Å². The lowest BCUT2D eigenvalue weighted by Crippen LogP contribution is -2.66. The first-order chi connectivity index (χ1) is 20.6. The molecule has 1 heterocycles.